The average molecular weight is 310 g/mol. The van der Waals surface area contributed by atoms with E-state index < -0.39 is 0 Å². The summed E-state index contributed by atoms with van der Waals surface area (Å²) in [4.78, 5) is 12.2. The lowest BCUT2D eigenvalue weighted by Gasteiger charge is -2.16. The van der Waals surface area contributed by atoms with Gasteiger partial charge in [-0.25, -0.2) is 4.79 Å². The molecule has 0 atom stereocenters. The summed E-state index contributed by atoms with van der Waals surface area (Å²) in [6, 6.07) is 14.3. The molecule has 2 amide bonds. The molecule has 0 fully saturated rings. The van der Waals surface area contributed by atoms with Gasteiger partial charge in [0.2, 0.25) is 0 Å². The number of anilines is 1. The van der Waals surface area contributed by atoms with E-state index >= 15 is 0 Å². The van der Waals surface area contributed by atoms with Crippen LogP contribution in [0.3, 0.4) is 0 Å². The molecule has 0 bridgehead atoms. The maximum Gasteiger partial charge on any atom is 0.319 e. The van der Waals surface area contributed by atoms with E-state index in [1.807, 2.05) is 25.1 Å². The van der Waals surface area contributed by atoms with Gasteiger partial charge in [-0.05, 0) is 42.9 Å². The number of hydrogen-bond donors (Lipinski definition) is 2. The number of carbonyl (C=O) groups is 1. The number of nitrogens with one attached hydrogen (secondary N) is 2. The zero-order valence-corrected chi connectivity index (χ0v) is 14.4. The van der Waals surface area contributed by atoms with Gasteiger partial charge in [-0.2, -0.15) is 0 Å². The molecule has 3 heteroatoms. The molecule has 23 heavy (non-hydrogen) atoms. The van der Waals surface area contributed by atoms with Crippen LogP contribution in [0.25, 0.3) is 0 Å². The molecule has 2 N–H and O–H groups in total. The lowest BCUT2D eigenvalue weighted by atomic mass is 9.98. The first kappa shape index (κ1) is 17.1. The molecule has 0 heterocycles. The summed E-state index contributed by atoms with van der Waals surface area (Å²) in [5.41, 5.74) is 5.66. The minimum Gasteiger partial charge on any atom is -0.338 e. The predicted octanol–water partition coefficient (Wildman–Crippen LogP) is 4.79. The molecule has 0 unspecified atom stereocenters. The van der Waals surface area contributed by atoms with Crippen molar-refractivity contribution in [1.82, 2.24) is 5.32 Å². The standard InChI is InChI=1S/C20H26N2O/c1-14(2)18-10-6-8-16(4)19(18)22-20(23)21-12-11-17-9-5-7-15(3)13-17/h5-10,13-14H,11-12H2,1-4H3,(H2,21,22,23). The van der Waals surface area contributed by atoms with Crippen LogP contribution in [-0.4, -0.2) is 12.6 Å². The van der Waals surface area contributed by atoms with Gasteiger partial charge in [0.05, 0.1) is 0 Å². The van der Waals surface area contributed by atoms with Gasteiger partial charge >= 0.3 is 6.03 Å². The van der Waals surface area contributed by atoms with Gasteiger partial charge in [0.1, 0.15) is 0 Å². The maximum absolute atomic E-state index is 12.2. The maximum atomic E-state index is 12.2. The van der Waals surface area contributed by atoms with Crippen LogP contribution in [-0.2, 0) is 6.42 Å². The van der Waals surface area contributed by atoms with Crippen molar-refractivity contribution >= 4 is 11.7 Å². The molecule has 0 aliphatic rings. The van der Waals surface area contributed by atoms with Crippen LogP contribution in [0.1, 0.15) is 42.0 Å². The second kappa shape index (κ2) is 7.82. The van der Waals surface area contributed by atoms with E-state index in [-0.39, 0.29) is 6.03 Å². The Labute approximate surface area is 139 Å². The lowest BCUT2D eigenvalue weighted by molar-refractivity contribution is 0.252. The van der Waals surface area contributed by atoms with E-state index in [4.69, 9.17) is 0 Å². The monoisotopic (exact) mass is 310 g/mol. The fourth-order valence-electron chi connectivity index (χ4n) is 2.69. The van der Waals surface area contributed by atoms with Gasteiger partial charge in [0.25, 0.3) is 0 Å². The SMILES string of the molecule is Cc1cccc(CCNC(=O)Nc2c(C)cccc2C(C)C)c1. The fourth-order valence-corrected chi connectivity index (χ4v) is 2.69. The molecule has 3 nitrogen and oxygen atoms in total. The number of carbonyl (C=O) groups excluding carboxylic acids is 1. The molecule has 2 rings (SSSR count). The minimum atomic E-state index is -0.145. The number of aryl methyl sites for hydroxylation is 2. The molecule has 122 valence electrons. The van der Waals surface area contributed by atoms with Crippen LogP contribution in [0.5, 0.6) is 0 Å². The van der Waals surface area contributed by atoms with Gasteiger partial charge in [-0.15, -0.1) is 0 Å². The Bertz CT molecular complexity index is 677. The molecule has 0 aliphatic heterocycles. The Balaban J connectivity index is 1.93. The van der Waals surface area contributed by atoms with Crippen LogP contribution >= 0.6 is 0 Å². The summed E-state index contributed by atoms with van der Waals surface area (Å²) in [5, 5.41) is 5.95. The van der Waals surface area contributed by atoms with E-state index in [9.17, 15) is 4.79 Å². The summed E-state index contributed by atoms with van der Waals surface area (Å²) in [5.74, 6) is 0.373. The average Bonchev–Trinajstić information content (AvgIpc) is 2.49. The van der Waals surface area contributed by atoms with Gasteiger partial charge < -0.3 is 10.6 Å². The van der Waals surface area contributed by atoms with Crippen LogP contribution in [0, 0.1) is 13.8 Å². The second-order valence-electron chi connectivity index (χ2n) is 6.31. The molecular weight excluding hydrogens is 284 g/mol. The third-order valence-corrected chi connectivity index (χ3v) is 3.95. The van der Waals surface area contributed by atoms with Crippen molar-refractivity contribution in [3.63, 3.8) is 0 Å². The first-order valence-corrected chi connectivity index (χ1v) is 8.17. The molecule has 0 spiro atoms. The molecule has 0 aromatic heterocycles. The first-order chi connectivity index (χ1) is 11.0. The number of rotatable bonds is 5. The highest BCUT2D eigenvalue weighted by Crippen LogP contribution is 2.27. The largest absolute Gasteiger partial charge is 0.338 e. The van der Waals surface area contributed by atoms with Gasteiger partial charge in [0.15, 0.2) is 0 Å². The Hall–Kier alpha value is -2.29. The molecule has 2 aromatic carbocycles. The Morgan fingerprint density at radius 2 is 1.83 bits per heavy atom. The van der Waals surface area contributed by atoms with Crippen LogP contribution in [0.15, 0.2) is 42.5 Å². The zero-order valence-electron chi connectivity index (χ0n) is 14.4. The molecule has 0 aliphatic carbocycles. The summed E-state index contributed by atoms with van der Waals surface area (Å²) in [7, 11) is 0. The highest BCUT2D eigenvalue weighted by atomic mass is 16.2. The van der Waals surface area contributed by atoms with E-state index in [2.05, 4.69) is 55.7 Å². The third kappa shape index (κ3) is 4.85. The summed E-state index contributed by atoms with van der Waals surface area (Å²) < 4.78 is 0. The van der Waals surface area contributed by atoms with Crippen molar-refractivity contribution in [3.8, 4) is 0 Å². The molecule has 0 saturated heterocycles. The van der Waals surface area contributed by atoms with Crippen molar-refractivity contribution in [3.05, 3.63) is 64.7 Å². The number of hydrogen-bond acceptors (Lipinski definition) is 1. The Morgan fingerprint density at radius 1 is 1.09 bits per heavy atom. The highest BCUT2D eigenvalue weighted by molar-refractivity contribution is 5.91. The van der Waals surface area contributed by atoms with E-state index in [1.54, 1.807) is 0 Å². The number of amides is 2. The number of urea groups is 1. The molecular formula is C20H26N2O. The van der Waals surface area contributed by atoms with Crippen molar-refractivity contribution in [2.24, 2.45) is 0 Å². The molecule has 0 saturated carbocycles. The van der Waals surface area contributed by atoms with Gasteiger partial charge in [-0.3, -0.25) is 0 Å². The van der Waals surface area contributed by atoms with E-state index in [0.717, 1.165) is 17.7 Å². The molecule has 0 radical (unpaired) electrons. The molecule has 2 aromatic rings. The van der Waals surface area contributed by atoms with Crippen LogP contribution in [0.2, 0.25) is 0 Å². The summed E-state index contributed by atoms with van der Waals surface area (Å²) in [6.45, 7) is 8.99. The second-order valence-corrected chi connectivity index (χ2v) is 6.31. The van der Waals surface area contributed by atoms with E-state index in [0.29, 0.717) is 12.5 Å². The van der Waals surface area contributed by atoms with Crippen molar-refractivity contribution < 1.29 is 4.79 Å². The first-order valence-electron chi connectivity index (χ1n) is 8.17. The zero-order chi connectivity index (χ0) is 16.8. The minimum absolute atomic E-state index is 0.145. The van der Waals surface area contributed by atoms with Crippen LogP contribution in [0.4, 0.5) is 10.5 Å². The summed E-state index contributed by atoms with van der Waals surface area (Å²) >= 11 is 0. The fraction of sp³-hybridized carbons (Fsp3) is 0.350. The summed E-state index contributed by atoms with van der Waals surface area (Å²) in [6.07, 6.45) is 0.833. The highest BCUT2D eigenvalue weighted by Gasteiger charge is 2.11. The predicted molar refractivity (Wildman–Crippen MR) is 97.2 cm³/mol. The Kier molecular flexibility index (Phi) is 5.80. The van der Waals surface area contributed by atoms with Gasteiger partial charge in [0, 0.05) is 12.2 Å². The number of benzene rings is 2. The van der Waals surface area contributed by atoms with E-state index in [1.165, 1.54) is 16.7 Å². The normalized spacial score (nSPS) is 10.7. The van der Waals surface area contributed by atoms with Crippen molar-refractivity contribution in [1.29, 1.82) is 0 Å². The smallest absolute Gasteiger partial charge is 0.319 e. The van der Waals surface area contributed by atoms with Crippen molar-refractivity contribution in [2.45, 2.75) is 40.0 Å². The quantitative estimate of drug-likeness (QED) is 0.819. The lowest BCUT2D eigenvalue weighted by Crippen LogP contribution is -2.31. The number of para-hydroxylation sites is 1. The van der Waals surface area contributed by atoms with Gasteiger partial charge in [-0.1, -0.05) is 61.9 Å². The third-order valence-electron chi connectivity index (χ3n) is 3.95. The van der Waals surface area contributed by atoms with Crippen LogP contribution < -0.4 is 10.6 Å². The Morgan fingerprint density at radius 3 is 2.52 bits per heavy atom. The topological polar surface area (TPSA) is 41.1 Å². The van der Waals surface area contributed by atoms with Crippen molar-refractivity contribution in [2.75, 3.05) is 11.9 Å².